The van der Waals surface area contributed by atoms with E-state index < -0.39 is 29.6 Å². The van der Waals surface area contributed by atoms with Crippen LogP contribution in [0.2, 0.25) is 0 Å². The van der Waals surface area contributed by atoms with Crippen molar-refractivity contribution in [3.8, 4) is 5.75 Å². The fraction of sp³-hybridized carbons (Fsp3) is 0.190. The first-order chi connectivity index (χ1) is 13.5. The summed E-state index contributed by atoms with van der Waals surface area (Å²) in [7, 11) is 2.55. The minimum atomic E-state index is -1.04. The zero-order valence-corrected chi connectivity index (χ0v) is 15.1. The van der Waals surface area contributed by atoms with Crippen molar-refractivity contribution < 1.29 is 28.2 Å². The number of methoxy groups -OCH3 is 2. The van der Waals surface area contributed by atoms with Gasteiger partial charge in [0.05, 0.1) is 36.7 Å². The average molecular weight is 380 g/mol. The lowest BCUT2D eigenvalue weighted by Crippen LogP contribution is -2.31. The summed E-state index contributed by atoms with van der Waals surface area (Å²) in [6.45, 7) is 0. The van der Waals surface area contributed by atoms with E-state index in [1.54, 1.807) is 48.5 Å². The Bertz CT molecular complexity index is 1130. The van der Waals surface area contributed by atoms with E-state index in [4.69, 9.17) is 18.6 Å². The fourth-order valence-corrected chi connectivity index (χ4v) is 3.46. The summed E-state index contributed by atoms with van der Waals surface area (Å²) < 4.78 is 20.9. The van der Waals surface area contributed by atoms with Crippen LogP contribution in [0.3, 0.4) is 0 Å². The van der Waals surface area contributed by atoms with Crippen LogP contribution in [-0.2, 0) is 14.3 Å². The maximum absolute atomic E-state index is 12.7. The van der Waals surface area contributed by atoms with Gasteiger partial charge in [-0.05, 0) is 29.8 Å². The molecule has 1 aliphatic heterocycles. The zero-order valence-electron chi connectivity index (χ0n) is 15.1. The quantitative estimate of drug-likeness (QED) is 0.509. The number of rotatable bonds is 3. The molecule has 3 aromatic rings. The third-order valence-electron chi connectivity index (χ3n) is 4.78. The predicted octanol–water partition coefficient (Wildman–Crippen LogP) is 2.65. The molecule has 0 bridgehead atoms. The monoisotopic (exact) mass is 380 g/mol. The maximum Gasteiger partial charge on any atom is 0.348 e. The SMILES string of the molecule is COC(=O)c1ccc([C@H]2c3c(c4ccccc4oc3=O)O[C@@H]2C(=O)OC)cc1. The lowest BCUT2D eigenvalue weighted by atomic mass is 9.88. The number of para-hydroxylation sites is 1. The molecule has 7 heteroatoms. The molecule has 0 amide bonds. The number of hydrogen-bond donors (Lipinski definition) is 0. The normalized spacial score (nSPS) is 17.6. The molecule has 7 nitrogen and oxygen atoms in total. The number of ether oxygens (including phenoxy) is 3. The standard InChI is InChI=1S/C21H16O7/c1-25-19(22)12-9-7-11(8-10-12)15-16-17(28-18(15)21(24)26-2)13-5-3-4-6-14(13)27-20(16)23/h3-10,15,18H,1-2H3/t15-,18-/m0/s1. The van der Waals surface area contributed by atoms with Crippen LogP contribution in [0.15, 0.2) is 57.7 Å². The largest absolute Gasteiger partial charge is 0.476 e. The van der Waals surface area contributed by atoms with Crippen LogP contribution in [0.4, 0.5) is 0 Å². The highest BCUT2D eigenvalue weighted by Crippen LogP contribution is 2.44. The lowest BCUT2D eigenvalue weighted by molar-refractivity contribution is -0.148. The van der Waals surface area contributed by atoms with E-state index in [-0.39, 0.29) is 5.56 Å². The van der Waals surface area contributed by atoms with Gasteiger partial charge in [-0.2, -0.15) is 0 Å². The summed E-state index contributed by atoms with van der Waals surface area (Å²) in [6, 6.07) is 13.4. The number of carbonyl (C=O) groups is 2. The maximum atomic E-state index is 12.7. The van der Waals surface area contributed by atoms with Crippen molar-refractivity contribution in [2.24, 2.45) is 0 Å². The first-order valence-corrected chi connectivity index (χ1v) is 8.53. The molecule has 2 heterocycles. The minimum Gasteiger partial charge on any atom is -0.476 e. The molecule has 2 atom stereocenters. The van der Waals surface area contributed by atoms with Gasteiger partial charge < -0.3 is 18.6 Å². The number of benzene rings is 2. The highest BCUT2D eigenvalue weighted by Gasteiger charge is 2.44. The van der Waals surface area contributed by atoms with E-state index in [0.717, 1.165) is 0 Å². The van der Waals surface area contributed by atoms with Gasteiger partial charge in [0.2, 0.25) is 6.10 Å². The van der Waals surface area contributed by atoms with Crippen LogP contribution < -0.4 is 10.4 Å². The van der Waals surface area contributed by atoms with Gasteiger partial charge >= 0.3 is 17.6 Å². The molecule has 0 saturated carbocycles. The van der Waals surface area contributed by atoms with E-state index in [1.807, 2.05) is 0 Å². The molecule has 1 aromatic heterocycles. The number of hydrogen-bond acceptors (Lipinski definition) is 7. The second-order valence-electron chi connectivity index (χ2n) is 6.28. The van der Waals surface area contributed by atoms with Crippen molar-refractivity contribution in [1.29, 1.82) is 0 Å². The summed E-state index contributed by atoms with van der Waals surface area (Å²) in [5.74, 6) is -1.51. The Morgan fingerprint density at radius 3 is 2.36 bits per heavy atom. The molecule has 0 fully saturated rings. The van der Waals surface area contributed by atoms with Crippen molar-refractivity contribution in [1.82, 2.24) is 0 Å². The Morgan fingerprint density at radius 1 is 0.964 bits per heavy atom. The summed E-state index contributed by atoms with van der Waals surface area (Å²) in [5, 5.41) is 0.597. The molecule has 0 N–H and O–H groups in total. The van der Waals surface area contributed by atoms with Gasteiger partial charge in [0.25, 0.3) is 0 Å². The van der Waals surface area contributed by atoms with Crippen LogP contribution in [0, 0.1) is 0 Å². The Morgan fingerprint density at radius 2 is 1.68 bits per heavy atom. The van der Waals surface area contributed by atoms with Gasteiger partial charge in [0.1, 0.15) is 11.3 Å². The summed E-state index contributed by atoms with van der Waals surface area (Å²) in [5.41, 5.74) is 1.01. The van der Waals surface area contributed by atoms with Crippen LogP contribution >= 0.6 is 0 Å². The van der Waals surface area contributed by atoms with Gasteiger partial charge in [-0.3, -0.25) is 0 Å². The molecule has 0 saturated heterocycles. The van der Waals surface area contributed by atoms with Crippen LogP contribution in [-0.4, -0.2) is 32.3 Å². The smallest absolute Gasteiger partial charge is 0.348 e. The molecule has 4 rings (SSSR count). The van der Waals surface area contributed by atoms with Crippen LogP contribution in [0.5, 0.6) is 5.75 Å². The van der Waals surface area contributed by atoms with Crippen LogP contribution in [0.25, 0.3) is 11.0 Å². The second-order valence-corrected chi connectivity index (χ2v) is 6.28. The van der Waals surface area contributed by atoms with Crippen LogP contribution in [0.1, 0.15) is 27.4 Å². The van der Waals surface area contributed by atoms with Crippen molar-refractivity contribution in [3.63, 3.8) is 0 Å². The Hall–Kier alpha value is -3.61. The summed E-state index contributed by atoms with van der Waals surface area (Å²) >= 11 is 0. The van der Waals surface area contributed by atoms with Gasteiger partial charge in [-0.25, -0.2) is 14.4 Å². The molecule has 0 radical (unpaired) electrons. The molecule has 2 aromatic carbocycles. The first kappa shape index (κ1) is 17.8. The molecular weight excluding hydrogens is 364 g/mol. The molecule has 0 aliphatic carbocycles. The third-order valence-corrected chi connectivity index (χ3v) is 4.78. The van der Waals surface area contributed by atoms with E-state index in [9.17, 15) is 14.4 Å². The van der Waals surface area contributed by atoms with E-state index in [1.165, 1.54) is 14.2 Å². The van der Waals surface area contributed by atoms with Crippen molar-refractivity contribution in [3.05, 3.63) is 75.6 Å². The Balaban J connectivity index is 1.90. The van der Waals surface area contributed by atoms with Gasteiger partial charge in [0, 0.05) is 0 Å². The van der Waals surface area contributed by atoms with Gasteiger partial charge in [-0.1, -0.05) is 24.3 Å². The number of fused-ring (bicyclic) bond motifs is 3. The highest BCUT2D eigenvalue weighted by atomic mass is 16.6. The second kappa shape index (κ2) is 6.84. The lowest BCUT2D eigenvalue weighted by Gasteiger charge is -2.17. The molecular formula is C21H16O7. The topological polar surface area (TPSA) is 92.0 Å². The highest BCUT2D eigenvalue weighted by molar-refractivity contribution is 5.90. The average Bonchev–Trinajstić information content (AvgIpc) is 3.14. The van der Waals surface area contributed by atoms with Gasteiger partial charge in [-0.15, -0.1) is 0 Å². The Kier molecular flexibility index (Phi) is 4.35. The molecule has 1 aliphatic rings. The first-order valence-electron chi connectivity index (χ1n) is 8.53. The summed E-state index contributed by atoms with van der Waals surface area (Å²) in [4.78, 5) is 36.8. The fourth-order valence-electron chi connectivity index (χ4n) is 3.46. The number of carbonyl (C=O) groups excluding carboxylic acids is 2. The predicted molar refractivity (Wildman–Crippen MR) is 98.5 cm³/mol. The van der Waals surface area contributed by atoms with Gasteiger partial charge in [0.15, 0.2) is 0 Å². The Labute approximate surface area is 159 Å². The molecule has 28 heavy (non-hydrogen) atoms. The van der Waals surface area contributed by atoms with E-state index >= 15 is 0 Å². The van der Waals surface area contributed by atoms with E-state index in [2.05, 4.69) is 0 Å². The van der Waals surface area contributed by atoms with Crippen molar-refractivity contribution in [2.75, 3.05) is 14.2 Å². The molecule has 0 unspecified atom stereocenters. The molecule has 0 spiro atoms. The summed E-state index contributed by atoms with van der Waals surface area (Å²) in [6.07, 6.45) is -1.04. The van der Waals surface area contributed by atoms with E-state index in [0.29, 0.717) is 27.8 Å². The minimum absolute atomic E-state index is 0.250. The van der Waals surface area contributed by atoms with Crippen molar-refractivity contribution in [2.45, 2.75) is 12.0 Å². The van der Waals surface area contributed by atoms with Crippen molar-refractivity contribution >= 4 is 22.9 Å². The third kappa shape index (κ3) is 2.72. The zero-order chi connectivity index (χ0) is 19.8. The number of esters is 2. The molecule has 142 valence electrons.